The minimum absolute atomic E-state index is 0.197. The Morgan fingerprint density at radius 1 is 0.825 bits per heavy atom. The number of rotatable bonds is 23. The Kier molecular flexibility index (Phi) is 21.3. The van der Waals surface area contributed by atoms with Gasteiger partial charge < -0.3 is 40.3 Å². The summed E-state index contributed by atoms with van der Waals surface area (Å²) in [5.41, 5.74) is 0. The molecule has 0 bridgehead atoms. The number of hydrogen-bond acceptors (Lipinski definition) is 8. The van der Waals surface area contributed by atoms with E-state index in [4.69, 9.17) is 9.47 Å². The molecule has 0 aromatic carbocycles. The maximum atomic E-state index is 12.7. The number of nitrogens with one attached hydrogen (secondary N) is 1. The minimum atomic E-state index is -1.56. The number of unbranched alkanes of at least 4 members (excludes halogenated alkanes) is 11. The second kappa shape index (κ2) is 23.3. The van der Waals surface area contributed by atoms with Crippen molar-refractivity contribution in [3.05, 3.63) is 24.3 Å². The van der Waals surface area contributed by atoms with Crippen molar-refractivity contribution >= 4 is 5.91 Å². The van der Waals surface area contributed by atoms with Crippen LogP contribution in [0.15, 0.2) is 24.3 Å². The third kappa shape index (κ3) is 15.6. The highest BCUT2D eigenvalue weighted by Gasteiger charge is 2.44. The lowest BCUT2D eigenvalue weighted by Crippen LogP contribution is -2.60. The van der Waals surface area contributed by atoms with E-state index in [1.165, 1.54) is 44.9 Å². The average Bonchev–Trinajstić information content (AvgIpc) is 2.95. The summed E-state index contributed by atoms with van der Waals surface area (Å²) < 4.78 is 11.0. The molecule has 9 heteroatoms. The zero-order valence-corrected chi connectivity index (χ0v) is 24.8. The lowest BCUT2D eigenvalue weighted by Gasteiger charge is -2.40. The lowest BCUT2D eigenvalue weighted by molar-refractivity contribution is -0.302. The Labute approximate surface area is 241 Å². The van der Waals surface area contributed by atoms with Crippen molar-refractivity contribution < 1.29 is 39.8 Å². The summed E-state index contributed by atoms with van der Waals surface area (Å²) >= 11 is 0. The molecule has 0 radical (unpaired) electrons. The molecule has 7 atom stereocenters. The molecule has 9 nitrogen and oxygen atoms in total. The Morgan fingerprint density at radius 2 is 1.43 bits per heavy atom. The molecule has 1 aliphatic heterocycles. The van der Waals surface area contributed by atoms with Crippen LogP contribution in [0.3, 0.4) is 0 Å². The molecule has 1 heterocycles. The topological polar surface area (TPSA) is 149 Å². The first-order valence-electron chi connectivity index (χ1n) is 15.6. The third-order valence-electron chi connectivity index (χ3n) is 7.26. The Balaban J connectivity index is 2.57. The van der Waals surface area contributed by atoms with Crippen molar-refractivity contribution in [1.29, 1.82) is 0 Å². The zero-order valence-electron chi connectivity index (χ0n) is 24.8. The molecule has 0 aromatic rings. The van der Waals surface area contributed by atoms with Gasteiger partial charge in [0.1, 0.15) is 24.4 Å². The van der Waals surface area contributed by atoms with Crippen LogP contribution in [0.2, 0.25) is 0 Å². The number of ether oxygens (including phenoxy) is 2. The van der Waals surface area contributed by atoms with E-state index in [0.29, 0.717) is 6.42 Å². The summed E-state index contributed by atoms with van der Waals surface area (Å²) in [7, 11) is 0. The first-order chi connectivity index (χ1) is 19.3. The standard InChI is InChI=1S/C31H57NO8/c1-3-5-7-9-11-12-13-15-17-19-21-27(35)32-24(25(34)20-18-16-14-10-8-6-4-2)23-39-31-30(38)29(37)28(36)26(22-33)40-31/h8,10,18,20,24-26,28-31,33-34,36-38H,3-7,9,11-17,19,21-23H2,1-2H3,(H,32,35)/b10-8+,20-18+. The second-order valence-corrected chi connectivity index (χ2v) is 10.9. The van der Waals surface area contributed by atoms with Gasteiger partial charge in [0.15, 0.2) is 6.29 Å². The summed E-state index contributed by atoms with van der Waals surface area (Å²) in [6.07, 6.45) is 15.4. The van der Waals surface area contributed by atoms with Gasteiger partial charge in [-0.3, -0.25) is 4.79 Å². The van der Waals surface area contributed by atoms with Crippen molar-refractivity contribution in [3.63, 3.8) is 0 Å². The van der Waals surface area contributed by atoms with E-state index in [-0.39, 0.29) is 12.5 Å². The summed E-state index contributed by atoms with van der Waals surface area (Å²) in [6.45, 7) is 3.57. The highest BCUT2D eigenvalue weighted by molar-refractivity contribution is 5.76. The fourth-order valence-electron chi connectivity index (χ4n) is 4.65. The number of carbonyl (C=O) groups is 1. The number of carbonyl (C=O) groups excluding carboxylic acids is 1. The highest BCUT2D eigenvalue weighted by Crippen LogP contribution is 2.22. The molecular weight excluding hydrogens is 514 g/mol. The first-order valence-corrected chi connectivity index (χ1v) is 15.6. The number of allylic oxidation sites excluding steroid dienone is 3. The van der Waals surface area contributed by atoms with E-state index in [0.717, 1.165) is 44.9 Å². The normalized spacial score (nSPS) is 25.0. The second-order valence-electron chi connectivity index (χ2n) is 10.9. The molecule has 0 spiro atoms. The smallest absolute Gasteiger partial charge is 0.220 e. The third-order valence-corrected chi connectivity index (χ3v) is 7.26. The molecule has 0 saturated carbocycles. The van der Waals surface area contributed by atoms with Gasteiger partial charge in [0.2, 0.25) is 5.91 Å². The molecular formula is C31H57NO8. The molecule has 0 aromatic heterocycles. The van der Waals surface area contributed by atoms with Gasteiger partial charge in [0, 0.05) is 6.42 Å². The minimum Gasteiger partial charge on any atom is -0.394 e. The summed E-state index contributed by atoms with van der Waals surface area (Å²) in [5.74, 6) is -0.197. The molecule has 1 amide bonds. The molecule has 1 aliphatic rings. The number of aliphatic hydroxyl groups is 5. The van der Waals surface area contributed by atoms with Crippen LogP contribution < -0.4 is 5.32 Å². The summed E-state index contributed by atoms with van der Waals surface area (Å²) in [6, 6.07) is -0.810. The van der Waals surface area contributed by atoms with Gasteiger partial charge in [-0.25, -0.2) is 0 Å². The van der Waals surface area contributed by atoms with Crippen LogP contribution in [0.1, 0.15) is 110 Å². The fraction of sp³-hybridized carbons (Fsp3) is 0.839. The van der Waals surface area contributed by atoms with Crippen molar-refractivity contribution in [2.45, 2.75) is 153 Å². The maximum absolute atomic E-state index is 12.7. The summed E-state index contributed by atoms with van der Waals surface area (Å²) in [5, 5.41) is 53.3. The summed E-state index contributed by atoms with van der Waals surface area (Å²) in [4.78, 5) is 12.7. The van der Waals surface area contributed by atoms with Gasteiger partial charge in [0.25, 0.3) is 0 Å². The molecule has 0 aliphatic carbocycles. The van der Waals surface area contributed by atoms with E-state index in [2.05, 4.69) is 31.3 Å². The number of aliphatic hydroxyl groups excluding tert-OH is 5. The van der Waals surface area contributed by atoms with E-state index in [1.807, 2.05) is 6.08 Å². The van der Waals surface area contributed by atoms with E-state index in [9.17, 15) is 30.3 Å². The Hall–Kier alpha value is -1.33. The van der Waals surface area contributed by atoms with Crippen molar-refractivity contribution in [2.24, 2.45) is 0 Å². The van der Waals surface area contributed by atoms with Crippen LogP contribution in [0.5, 0.6) is 0 Å². The predicted octanol–water partition coefficient (Wildman–Crippen LogP) is 3.65. The Bertz CT molecular complexity index is 686. The number of amides is 1. The van der Waals surface area contributed by atoms with E-state index < -0.39 is 49.5 Å². The van der Waals surface area contributed by atoms with Crippen molar-refractivity contribution in [2.75, 3.05) is 13.2 Å². The van der Waals surface area contributed by atoms with Gasteiger partial charge >= 0.3 is 0 Å². The maximum Gasteiger partial charge on any atom is 0.220 e. The molecule has 234 valence electrons. The Morgan fingerprint density at radius 3 is 2.05 bits per heavy atom. The van der Waals surface area contributed by atoms with Gasteiger partial charge in [-0.05, 0) is 25.7 Å². The monoisotopic (exact) mass is 571 g/mol. The predicted molar refractivity (Wildman–Crippen MR) is 157 cm³/mol. The number of hydrogen-bond donors (Lipinski definition) is 6. The molecule has 1 saturated heterocycles. The van der Waals surface area contributed by atoms with Gasteiger partial charge in [0.05, 0.1) is 25.4 Å². The first kappa shape index (κ1) is 36.7. The van der Waals surface area contributed by atoms with Crippen LogP contribution in [-0.4, -0.2) is 87.5 Å². The quantitative estimate of drug-likeness (QED) is 0.0804. The largest absolute Gasteiger partial charge is 0.394 e. The van der Waals surface area contributed by atoms with E-state index in [1.54, 1.807) is 6.08 Å². The van der Waals surface area contributed by atoms with Crippen LogP contribution in [0.25, 0.3) is 0 Å². The van der Waals surface area contributed by atoms with Crippen molar-refractivity contribution in [1.82, 2.24) is 5.32 Å². The van der Waals surface area contributed by atoms with Crippen LogP contribution in [0, 0.1) is 0 Å². The van der Waals surface area contributed by atoms with Crippen LogP contribution in [-0.2, 0) is 14.3 Å². The molecule has 7 unspecified atom stereocenters. The van der Waals surface area contributed by atoms with Crippen LogP contribution >= 0.6 is 0 Å². The molecule has 1 rings (SSSR count). The molecule has 40 heavy (non-hydrogen) atoms. The zero-order chi connectivity index (χ0) is 29.6. The lowest BCUT2D eigenvalue weighted by atomic mass is 9.99. The molecule has 1 fully saturated rings. The van der Waals surface area contributed by atoms with E-state index >= 15 is 0 Å². The molecule has 6 N–H and O–H groups in total. The highest BCUT2D eigenvalue weighted by atomic mass is 16.7. The van der Waals surface area contributed by atoms with Crippen molar-refractivity contribution in [3.8, 4) is 0 Å². The fourth-order valence-corrected chi connectivity index (χ4v) is 4.65. The van der Waals surface area contributed by atoms with Crippen LogP contribution in [0.4, 0.5) is 0 Å². The van der Waals surface area contributed by atoms with Gasteiger partial charge in [-0.1, -0.05) is 102 Å². The SMILES string of the molecule is CCC/C=C/CC/C=C/C(O)C(COC1OC(CO)C(O)C(O)C1O)NC(=O)CCCCCCCCCCCC. The van der Waals surface area contributed by atoms with Gasteiger partial charge in [-0.2, -0.15) is 0 Å². The average molecular weight is 572 g/mol. The van der Waals surface area contributed by atoms with Gasteiger partial charge in [-0.15, -0.1) is 0 Å².